The molecule has 4 rings (SSSR count). The molecular weight excluding hydrogens is 348 g/mol. The molecule has 3 heterocycles. The molecule has 1 aliphatic heterocycles. The van der Waals surface area contributed by atoms with Gasteiger partial charge in [-0.05, 0) is 38.1 Å². The van der Waals surface area contributed by atoms with Gasteiger partial charge in [0.05, 0.1) is 24.0 Å². The second kappa shape index (κ2) is 7.13. The van der Waals surface area contributed by atoms with E-state index in [9.17, 15) is 4.79 Å². The molecule has 26 heavy (non-hydrogen) atoms. The predicted molar refractivity (Wildman–Crippen MR) is 101 cm³/mol. The molecular formula is C18H22N6OS. The number of carbonyl (C=O) groups is 1. The first-order valence-electron chi connectivity index (χ1n) is 8.85. The Morgan fingerprint density at radius 3 is 2.54 bits per heavy atom. The zero-order valence-corrected chi connectivity index (χ0v) is 15.9. The van der Waals surface area contributed by atoms with Crippen molar-refractivity contribution in [2.75, 3.05) is 32.7 Å². The molecule has 1 saturated heterocycles. The average molecular weight is 370 g/mol. The maximum Gasteiger partial charge on any atom is 0.254 e. The fraction of sp³-hybridized carbons (Fsp3) is 0.444. The fourth-order valence-electron chi connectivity index (χ4n) is 3.41. The van der Waals surface area contributed by atoms with Gasteiger partial charge in [-0.1, -0.05) is 0 Å². The number of hydrogen-bond donors (Lipinski definition) is 0. The minimum absolute atomic E-state index is 0.0816. The van der Waals surface area contributed by atoms with Crippen LogP contribution in [-0.4, -0.2) is 67.0 Å². The number of aryl methyl sites for hydroxylation is 2. The van der Waals surface area contributed by atoms with Crippen LogP contribution in [0.3, 0.4) is 0 Å². The fourth-order valence-corrected chi connectivity index (χ4v) is 3.93. The van der Waals surface area contributed by atoms with Crippen molar-refractivity contribution in [2.45, 2.75) is 20.4 Å². The van der Waals surface area contributed by atoms with Gasteiger partial charge in [-0.2, -0.15) is 13.8 Å². The number of fused-ring (bicyclic) bond motifs is 1. The summed E-state index contributed by atoms with van der Waals surface area (Å²) >= 11 is 1.18. The molecule has 0 N–H and O–H groups in total. The van der Waals surface area contributed by atoms with Crippen molar-refractivity contribution in [2.24, 2.45) is 0 Å². The van der Waals surface area contributed by atoms with Gasteiger partial charge in [0, 0.05) is 44.0 Å². The molecule has 3 aromatic rings. The van der Waals surface area contributed by atoms with E-state index in [4.69, 9.17) is 0 Å². The first-order chi connectivity index (χ1) is 12.6. The topological polar surface area (TPSA) is 67.2 Å². The molecule has 0 unspecified atom stereocenters. The van der Waals surface area contributed by atoms with Gasteiger partial charge in [0.25, 0.3) is 5.91 Å². The van der Waals surface area contributed by atoms with E-state index in [1.54, 1.807) is 0 Å². The van der Waals surface area contributed by atoms with Crippen molar-refractivity contribution in [3.63, 3.8) is 0 Å². The van der Waals surface area contributed by atoms with Gasteiger partial charge in [0.2, 0.25) is 0 Å². The lowest BCUT2D eigenvalue weighted by atomic mass is 10.1. The standard InChI is InChI=1S/C18H22N6OS/c1-13-11-14(2)24(19-13)10-7-22-5-8-23(9-6-22)18(25)15-3-4-16-17(12-15)21-26-20-16/h3-4,11-12H,5-10H2,1-2H3. The third-order valence-electron chi connectivity index (χ3n) is 4.89. The number of rotatable bonds is 4. The molecule has 7 nitrogen and oxygen atoms in total. The summed E-state index contributed by atoms with van der Waals surface area (Å²) in [6, 6.07) is 7.67. The third-order valence-corrected chi connectivity index (χ3v) is 5.45. The highest BCUT2D eigenvalue weighted by atomic mass is 32.1. The molecule has 0 saturated carbocycles. The Hall–Kier alpha value is -2.32. The molecule has 1 fully saturated rings. The Kier molecular flexibility index (Phi) is 4.69. The molecule has 2 aromatic heterocycles. The highest BCUT2D eigenvalue weighted by Gasteiger charge is 2.22. The largest absolute Gasteiger partial charge is 0.336 e. The van der Waals surface area contributed by atoms with E-state index in [1.807, 2.05) is 30.0 Å². The summed E-state index contributed by atoms with van der Waals surface area (Å²) in [6.45, 7) is 9.25. The van der Waals surface area contributed by atoms with Gasteiger partial charge in [0.1, 0.15) is 11.0 Å². The zero-order valence-electron chi connectivity index (χ0n) is 15.1. The number of nitrogens with zero attached hydrogens (tertiary/aromatic N) is 6. The summed E-state index contributed by atoms with van der Waals surface area (Å²) in [5.74, 6) is 0.0816. The van der Waals surface area contributed by atoms with Crippen LogP contribution in [0.15, 0.2) is 24.3 Å². The molecule has 1 aromatic carbocycles. The van der Waals surface area contributed by atoms with Crippen LogP contribution in [0.4, 0.5) is 0 Å². The van der Waals surface area contributed by atoms with E-state index in [0.29, 0.717) is 5.56 Å². The third kappa shape index (κ3) is 3.47. The quantitative estimate of drug-likeness (QED) is 0.702. The van der Waals surface area contributed by atoms with E-state index in [-0.39, 0.29) is 5.91 Å². The average Bonchev–Trinajstić information content (AvgIpc) is 3.24. The van der Waals surface area contributed by atoms with Gasteiger partial charge < -0.3 is 4.90 Å². The van der Waals surface area contributed by atoms with Crippen molar-refractivity contribution in [1.29, 1.82) is 0 Å². The number of hydrogen-bond acceptors (Lipinski definition) is 6. The van der Waals surface area contributed by atoms with Crippen molar-refractivity contribution in [3.8, 4) is 0 Å². The summed E-state index contributed by atoms with van der Waals surface area (Å²) in [5.41, 5.74) is 4.60. The van der Waals surface area contributed by atoms with Gasteiger partial charge in [-0.15, -0.1) is 0 Å². The molecule has 1 amide bonds. The highest BCUT2D eigenvalue weighted by molar-refractivity contribution is 7.00. The minimum Gasteiger partial charge on any atom is -0.336 e. The second-order valence-corrected chi connectivity index (χ2v) is 7.28. The molecule has 0 spiro atoms. The summed E-state index contributed by atoms with van der Waals surface area (Å²) in [5, 5.41) is 4.51. The zero-order chi connectivity index (χ0) is 18.1. The van der Waals surface area contributed by atoms with E-state index in [0.717, 1.165) is 56.0 Å². The van der Waals surface area contributed by atoms with Crippen LogP contribution in [0, 0.1) is 13.8 Å². The molecule has 0 atom stereocenters. The van der Waals surface area contributed by atoms with E-state index in [1.165, 1.54) is 17.4 Å². The maximum absolute atomic E-state index is 12.7. The van der Waals surface area contributed by atoms with E-state index < -0.39 is 0 Å². The summed E-state index contributed by atoms with van der Waals surface area (Å²) in [6.07, 6.45) is 0. The highest BCUT2D eigenvalue weighted by Crippen LogP contribution is 2.16. The van der Waals surface area contributed by atoms with Gasteiger partial charge >= 0.3 is 0 Å². The van der Waals surface area contributed by atoms with Crippen molar-refractivity contribution in [1.82, 2.24) is 28.3 Å². The predicted octanol–water partition coefficient (Wildman–Crippen LogP) is 1.96. The van der Waals surface area contributed by atoms with Crippen molar-refractivity contribution in [3.05, 3.63) is 41.2 Å². The number of piperazine rings is 1. The van der Waals surface area contributed by atoms with Crippen molar-refractivity contribution >= 4 is 28.7 Å². The first kappa shape index (κ1) is 17.1. The molecule has 136 valence electrons. The molecule has 0 aliphatic carbocycles. The van der Waals surface area contributed by atoms with Crippen LogP contribution < -0.4 is 0 Å². The SMILES string of the molecule is Cc1cc(C)n(CCN2CCN(C(=O)c3ccc4nsnc4c3)CC2)n1. The molecule has 0 bridgehead atoms. The minimum atomic E-state index is 0.0816. The Labute approximate surface area is 156 Å². The molecule has 8 heteroatoms. The lowest BCUT2D eigenvalue weighted by Gasteiger charge is -2.34. The van der Waals surface area contributed by atoms with Gasteiger partial charge in [-0.25, -0.2) is 0 Å². The lowest BCUT2D eigenvalue weighted by Crippen LogP contribution is -2.49. The summed E-state index contributed by atoms with van der Waals surface area (Å²) in [7, 11) is 0. The number of amides is 1. The Balaban J connectivity index is 1.32. The number of carbonyl (C=O) groups excluding carboxylic acids is 1. The summed E-state index contributed by atoms with van der Waals surface area (Å²) < 4.78 is 10.5. The van der Waals surface area contributed by atoms with Crippen LogP contribution in [0.1, 0.15) is 21.7 Å². The van der Waals surface area contributed by atoms with Crippen LogP contribution in [0.5, 0.6) is 0 Å². The van der Waals surface area contributed by atoms with E-state index in [2.05, 4.69) is 36.4 Å². The Morgan fingerprint density at radius 1 is 1.04 bits per heavy atom. The lowest BCUT2D eigenvalue weighted by molar-refractivity contribution is 0.0632. The van der Waals surface area contributed by atoms with Gasteiger partial charge in [0.15, 0.2) is 0 Å². The smallest absolute Gasteiger partial charge is 0.254 e. The van der Waals surface area contributed by atoms with Crippen molar-refractivity contribution < 1.29 is 4.79 Å². The molecule has 0 radical (unpaired) electrons. The van der Waals surface area contributed by atoms with Gasteiger partial charge in [-0.3, -0.25) is 14.4 Å². The van der Waals surface area contributed by atoms with E-state index >= 15 is 0 Å². The number of aromatic nitrogens is 4. The maximum atomic E-state index is 12.7. The Bertz CT molecular complexity index is 925. The van der Waals surface area contributed by atoms with Crippen LogP contribution in [-0.2, 0) is 6.54 Å². The Morgan fingerprint density at radius 2 is 1.81 bits per heavy atom. The normalized spacial score (nSPS) is 15.7. The summed E-state index contributed by atoms with van der Waals surface area (Å²) in [4.78, 5) is 17.1. The second-order valence-electron chi connectivity index (χ2n) is 6.75. The van der Waals surface area contributed by atoms with Crippen LogP contribution >= 0.6 is 11.7 Å². The van der Waals surface area contributed by atoms with Crippen LogP contribution in [0.25, 0.3) is 11.0 Å². The monoisotopic (exact) mass is 370 g/mol. The molecule has 1 aliphatic rings. The first-order valence-corrected chi connectivity index (χ1v) is 9.58. The number of benzene rings is 1. The van der Waals surface area contributed by atoms with Crippen LogP contribution in [0.2, 0.25) is 0 Å².